The third-order valence-electron chi connectivity index (χ3n) is 7.88. The Labute approximate surface area is 249 Å². The zero-order chi connectivity index (χ0) is 30.1. The fraction of sp³-hybridized carbons (Fsp3) is 0.344. The largest absolute Gasteiger partial charge is 0.457 e. The molecule has 6 rings (SSSR count). The van der Waals surface area contributed by atoms with E-state index in [1.807, 2.05) is 80.1 Å². The Kier molecular flexibility index (Phi) is 7.57. The van der Waals surface area contributed by atoms with Crippen LogP contribution in [0.5, 0.6) is 11.5 Å². The van der Waals surface area contributed by atoms with Crippen molar-refractivity contribution in [2.24, 2.45) is 5.73 Å². The zero-order valence-corrected chi connectivity index (χ0v) is 24.5. The predicted molar refractivity (Wildman–Crippen MR) is 163 cm³/mol. The molecule has 1 atom stereocenters. The van der Waals surface area contributed by atoms with Crippen LogP contribution in [-0.4, -0.2) is 36.9 Å². The molecule has 0 bridgehead atoms. The third kappa shape index (κ3) is 5.94. The summed E-state index contributed by atoms with van der Waals surface area (Å²) < 4.78 is 13.3. The number of nitrogens with one attached hydrogen (secondary N) is 1. The number of hydrogen-bond donors (Lipinski definition) is 3. The highest BCUT2D eigenvalue weighted by atomic mass is 16.5. The van der Waals surface area contributed by atoms with E-state index in [4.69, 9.17) is 25.8 Å². The Morgan fingerprint density at radius 2 is 1.72 bits per heavy atom. The van der Waals surface area contributed by atoms with E-state index in [0.717, 1.165) is 53.8 Å². The molecule has 43 heavy (non-hydrogen) atoms. The first-order chi connectivity index (χ1) is 20.7. The monoisotopic (exact) mass is 580 g/mol. The minimum Gasteiger partial charge on any atom is -0.457 e. The maximum Gasteiger partial charge on any atom is 0.243 e. The highest BCUT2D eigenvalue weighted by Gasteiger charge is 2.30. The standard InChI is InChI=1S/C32H36N8O3/c1-32(2,3)25-17-24(39-43-25)27(33)31(41)37-20-11-13-21(14-12-20)40-30-26(29(34)35-18-36-30)28(38-40)19-9-15-23(16-10-19)42-22-7-5-4-6-8-22/h4-10,15-18,20-21,27H,11-14,33H2,1-3H3,(H,37,41)(H2,34,35,36)/t20-,21-,27-/m0/s1. The zero-order valence-electron chi connectivity index (χ0n) is 24.5. The second-order valence-corrected chi connectivity index (χ2v) is 12.0. The molecular formula is C32H36N8O3. The Morgan fingerprint density at radius 1 is 1.02 bits per heavy atom. The molecule has 1 amide bonds. The first kappa shape index (κ1) is 28.4. The molecule has 0 spiro atoms. The lowest BCUT2D eigenvalue weighted by Gasteiger charge is -2.30. The number of nitrogens with zero attached hydrogens (tertiary/aromatic N) is 5. The van der Waals surface area contributed by atoms with Gasteiger partial charge in [0.25, 0.3) is 0 Å². The molecule has 1 aliphatic carbocycles. The normalized spacial score (nSPS) is 18.0. The van der Waals surface area contributed by atoms with Crippen molar-refractivity contribution in [3.05, 3.63) is 78.4 Å². The van der Waals surface area contributed by atoms with Gasteiger partial charge in [-0.15, -0.1) is 0 Å². The Morgan fingerprint density at radius 3 is 2.40 bits per heavy atom. The summed E-state index contributed by atoms with van der Waals surface area (Å²) in [6.45, 7) is 6.06. The maximum atomic E-state index is 12.9. The topological polar surface area (TPSA) is 160 Å². The average molecular weight is 581 g/mol. The number of rotatable bonds is 7. The number of hydrogen-bond acceptors (Lipinski definition) is 9. The molecule has 2 aromatic carbocycles. The van der Waals surface area contributed by atoms with Crippen molar-refractivity contribution in [1.29, 1.82) is 0 Å². The Balaban J connectivity index is 1.15. The minimum atomic E-state index is -0.889. The van der Waals surface area contributed by atoms with Crippen LogP contribution in [0.25, 0.3) is 22.3 Å². The van der Waals surface area contributed by atoms with Crippen LogP contribution in [-0.2, 0) is 10.2 Å². The van der Waals surface area contributed by atoms with Gasteiger partial charge in [0.05, 0.1) is 11.4 Å². The summed E-state index contributed by atoms with van der Waals surface area (Å²) in [4.78, 5) is 21.8. The fourth-order valence-electron chi connectivity index (χ4n) is 5.44. The van der Waals surface area contributed by atoms with Crippen molar-refractivity contribution >= 4 is 22.8 Å². The maximum absolute atomic E-state index is 12.9. The number of aromatic nitrogens is 5. The second-order valence-electron chi connectivity index (χ2n) is 12.0. The SMILES string of the molecule is CC(C)(C)c1cc([C@H](N)C(=O)N[C@H]2CC[C@H](n3nc(-c4ccc(Oc5ccccc5)cc4)c4c(N)ncnc43)CC2)no1. The summed E-state index contributed by atoms with van der Waals surface area (Å²) in [5.74, 6) is 2.31. The summed E-state index contributed by atoms with van der Waals surface area (Å²) in [6.07, 6.45) is 4.64. The number of para-hydroxylation sites is 1. The first-order valence-corrected chi connectivity index (χ1v) is 14.5. The van der Waals surface area contributed by atoms with Crippen LogP contribution in [0.15, 0.2) is 71.5 Å². The van der Waals surface area contributed by atoms with Crippen molar-refractivity contribution < 1.29 is 14.1 Å². The Hall–Kier alpha value is -4.77. The number of nitrogen functional groups attached to an aromatic ring is 1. The molecule has 0 aliphatic heterocycles. The van der Waals surface area contributed by atoms with E-state index >= 15 is 0 Å². The average Bonchev–Trinajstić information content (AvgIpc) is 3.65. The van der Waals surface area contributed by atoms with Gasteiger partial charge in [-0.3, -0.25) is 4.79 Å². The van der Waals surface area contributed by atoms with Crippen molar-refractivity contribution in [3.63, 3.8) is 0 Å². The molecule has 1 aliphatic rings. The molecule has 5 N–H and O–H groups in total. The molecule has 222 valence electrons. The smallest absolute Gasteiger partial charge is 0.243 e. The number of carbonyl (C=O) groups excluding carboxylic acids is 1. The Bertz CT molecular complexity index is 1720. The van der Waals surface area contributed by atoms with Crippen LogP contribution < -0.4 is 21.5 Å². The van der Waals surface area contributed by atoms with Gasteiger partial charge in [0, 0.05) is 23.1 Å². The summed E-state index contributed by atoms with van der Waals surface area (Å²) in [5, 5.41) is 12.9. The molecule has 0 radical (unpaired) electrons. The third-order valence-corrected chi connectivity index (χ3v) is 7.88. The van der Waals surface area contributed by atoms with Gasteiger partial charge in [-0.1, -0.05) is 44.1 Å². The summed E-state index contributed by atoms with van der Waals surface area (Å²) in [5.41, 5.74) is 15.1. The quantitative estimate of drug-likeness (QED) is 0.227. The van der Waals surface area contributed by atoms with E-state index < -0.39 is 6.04 Å². The molecule has 3 heterocycles. The second kappa shape index (κ2) is 11.5. The summed E-state index contributed by atoms with van der Waals surface area (Å²) >= 11 is 0. The van der Waals surface area contributed by atoms with E-state index in [2.05, 4.69) is 20.4 Å². The molecule has 0 saturated heterocycles. The lowest BCUT2D eigenvalue weighted by Crippen LogP contribution is -2.42. The molecule has 0 unspecified atom stereocenters. The molecule has 5 aromatic rings. The number of amides is 1. The molecule has 11 nitrogen and oxygen atoms in total. The van der Waals surface area contributed by atoms with Gasteiger partial charge in [0.15, 0.2) is 5.65 Å². The van der Waals surface area contributed by atoms with Crippen LogP contribution in [0.4, 0.5) is 5.82 Å². The lowest BCUT2D eigenvalue weighted by atomic mass is 9.91. The number of benzene rings is 2. The van der Waals surface area contributed by atoms with E-state index in [-0.39, 0.29) is 23.4 Å². The molecule has 1 saturated carbocycles. The first-order valence-electron chi connectivity index (χ1n) is 14.5. The summed E-state index contributed by atoms with van der Waals surface area (Å²) in [6, 6.07) is 18.4. The van der Waals surface area contributed by atoms with E-state index in [9.17, 15) is 4.79 Å². The van der Waals surface area contributed by atoms with Gasteiger partial charge in [-0.05, 0) is 62.1 Å². The lowest BCUT2D eigenvalue weighted by molar-refractivity contribution is -0.123. The molecule has 11 heteroatoms. The number of anilines is 1. The van der Waals surface area contributed by atoms with Crippen LogP contribution >= 0.6 is 0 Å². The predicted octanol–water partition coefficient (Wildman–Crippen LogP) is 5.45. The number of nitrogens with two attached hydrogens (primary N) is 2. The van der Waals surface area contributed by atoms with Gasteiger partial charge in [-0.2, -0.15) is 5.10 Å². The molecular weight excluding hydrogens is 544 g/mol. The van der Waals surface area contributed by atoms with Crippen molar-refractivity contribution in [1.82, 2.24) is 30.2 Å². The van der Waals surface area contributed by atoms with E-state index in [1.165, 1.54) is 6.33 Å². The van der Waals surface area contributed by atoms with Crippen LogP contribution in [0.3, 0.4) is 0 Å². The van der Waals surface area contributed by atoms with Gasteiger partial charge >= 0.3 is 0 Å². The van der Waals surface area contributed by atoms with Crippen LogP contribution in [0, 0.1) is 0 Å². The number of ether oxygens (including phenoxy) is 1. The highest BCUT2D eigenvalue weighted by Crippen LogP contribution is 2.37. The van der Waals surface area contributed by atoms with Gasteiger partial charge < -0.3 is 26.0 Å². The molecule has 1 fully saturated rings. The van der Waals surface area contributed by atoms with Gasteiger partial charge in [0.1, 0.15) is 46.8 Å². The fourth-order valence-corrected chi connectivity index (χ4v) is 5.44. The number of fused-ring (bicyclic) bond motifs is 1. The van der Waals surface area contributed by atoms with Crippen molar-refractivity contribution in [2.45, 2.75) is 70.0 Å². The molecule has 3 aromatic heterocycles. The highest BCUT2D eigenvalue weighted by molar-refractivity contribution is 5.98. The van der Waals surface area contributed by atoms with E-state index in [1.54, 1.807) is 6.07 Å². The van der Waals surface area contributed by atoms with Crippen molar-refractivity contribution in [2.75, 3.05) is 5.73 Å². The minimum absolute atomic E-state index is 0.00179. The van der Waals surface area contributed by atoms with Crippen molar-refractivity contribution in [3.8, 4) is 22.8 Å². The van der Waals surface area contributed by atoms with Crippen LogP contribution in [0.1, 0.15) is 70.0 Å². The van der Waals surface area contributed by atoms with Crippen LogP contribution in [0.2, 0.25) is 0 Å². The van der Waals surface area contributed by atoms with Gasteiger partial charge in [0.2, 0.25) is 5.91 Å². The number of carbonyl (C=O) groups is 1. The summed E-state index contributed by atoms with van der Waals surface area (Å²) in [7, 11) is 0. The van der Waals surface area contributed by atoms with E-state index in [0.29, 0.717) is 22.9 Å². The van der Waals surface area contributed by atoms with Gasteiger partial charge in [-0.25, -0.2) is 14.6 Å².